The van der Waals surface area contributed by atoms with Crippen LogP contribution in [0.2, 0.25) is 0 Å². The fourth-order valence-corrected chi connectivity index (χ4v) is 4.01. The molecule has 4 aromatic rings. The van der Waals surface area contributed by atoms with E-state index in [0.29, 0.717) is 28.3 Å². The van der Waals surface area contributed by atoms with E-state index in [4.69, 9.17) is 4.74 Å². The van der Waals surface area contributed by atoms with Crippen molar-refractivity contribution in [3.05, 3.63) is 76.8 Å². The fourth-order valence-electron chi connectivity index (χ4n) is 2.97. The van der Waals surface area contributed by atoms with Gasteiger partial charge in [-0.3, -0.25) is 9.48 Å². The smallest absolute Gasteiger partial charge is 0.273 e. The van der Waals surface area contributed by atoms with E-state index in [1.165, 1.54) is 4.68 Å². The minimum Gasteiger partial charge on any atom is -0.489 e. The first-order chi connectivity index (χ1) is 14.0. The second-order valence-electron chi connectivity index (χ2n) is 6.40. The van der Waals surface area contributed by atoms with Crippen molar-refractivity contribution in [2.75, 3.05) is 5.32 Å². The first kappa shape index (κ1) is 19.1. The third-order valence-electron chi connectivity index (χ3n) is 4.32. The molecule has 2 aromatic carbocycles. The number of aryl methyl sites for hydroxylation is 1. The summed E-state index contributed by atoms with van der Waals surface area (Å²) in [7, 11) is 1.70. The number of aromatic nitrogens is 2. The maximum Gasteiger partial charge on any atom is 0.273 e. The van der Waals surface area contributed by atoms with Crippen molar-refractivity contribution in [1.82, 2.24) is 9.78 Å². The van der Waals surface area contributed by atoms with Gasteiger partial charge in [-0.2, -0.15) is 5.10 Å². The molecule has 4 rings (SSSR count). The van der Waals surface area contributed by atoms with Crippen molar-refractivity contribution in [2.24, 2.45) is 7.05 Å². The van der Waals surface area contributed by atoms with Crippen LogP contribution in [0.15, 0.2) is 60.8 Å². The highest BCUT2D eigenvalue weighted by Crippen LogP contribution is 2.39. The van der Waals surface area contributed by atoms with Crippen molar-refractivity contribution >= 4 is 33.1 Å². The van der Waals surface area contributed by atoms with Crippen molar-refractivity contribution in [2.45, 2.75) is 13.0 Å². The molecular weight excluding hydrogens is 396 g/mol. The van der Waals surface area contributed by atoms with Crippen LogP contribution in [0, 0.1) is 0 Å². The Balaban J connectivity index is 1.66. The highest BCUT2D eigenvalue weighted by Gasteiger charge is 2.25. The lowest BCUT2D eigenvalue weighted by Crippen LogP contribution is -2.14. The summed E-state index contributed by atoms with van der Waals surface area (Å²) in [5.74, 6) is 0.186. The van der Waals surface area contributed by atoms with Crippen LogP contribution in [0.3, 0.4) is 0 Å². The minimum absolute atomic E-state index is 0.0455. The lowest BCUT2D eigenvalue weighted by Gasteiger charge is -2.08. The quantitative estimate of drug-likeness (QED) is 0.460. The van der Waals surface area contributed by atoms with Crippen LogP contribution in [-0.4, -0.2) is 15.7 Å². The average molecular weight is 413 g/mol. The van der Waals surface area contributed by atoms with E-state index in [1.807, 2.05) is 30.3 Å². The Morgan fingerprint density at radius 2 is 2.00 bits per heavy atom. The van der Waals surface area contributed by atoms with Gasteiger partial charge in [-0.15, -0.1) is 11.3 Å². The molecule has 1 amide bonds. The number of nitrogens with one attached hydrogen (secondary N) is 1. The molecule has 0 saturated carbocycles. The molecule has 0 aliphatic carbocycles. The van der Waals surface area contributed by atoms with Gasteiger partial charge in [0, 0.05) is 29.4 Å². The number of carbonyl (C=O) groups is 1. The van der Waals surface area contributed by atoms with E-state index in [2.05, 4.69) is 10.4 Å². The van der Waals surface area contributed by atoms with Crippen LogP contribution in [-0.2, 0) is 13.7 Å². The Kier molecular flexibility index (Phi) is 5.26. The second-order valence-corrected chi connectivity index (χ2v) is 7.49. The number of nitrogens with zero attached hydrogens (tertiary/aromatic N) is 2. The fraction of sp³-hybridized carbons (Fsp3) is 0.143. The first-order valence-electron chi connectivity index (χ1n) is 8.83. The Morgan fingerprint density at radius 1 is 1.21 bits per heavy atom. The van der Waals surface area contributed by atoms with Gasteiger partial charge < -0.3 is 10.1 Å². The standard InChI is InChI=1S/C21H17F2N3O2S/c1-26-10-9-17(25-26)24-21(27)18-15-11-14(28-12-13-5-3-2-4-6-13)7-8-16(15)29-19(18)20(22)23/h2-11,20H,12H2,1H3,(H,24,25,27). The van der Waals surface area contributed by atoms with E-state index in [0.717, 1.165) is 16.9 Å². The monoisotopic (exact) mass is 413 g/mol. The number of alkyl halides is 2. The lowest BCUT2D eigenvalue weighted by atomic mass is 10.1. The third kappa shape index (κ3) is 4.12. The molecular formula is C21H17F2N3O2S. The zero-order valence-electron chi connectivity index (χ0n) is 15.4. The molecule has 29 heavy (non-hydrogen) atoms. The van der Waals surface area contributed by atoms with Crippen LogP contribution >= 0.6 is 11.3 Å². The number of hydrogen-bond acceptors (Lipinski definition) is 4. The summed E-state index contributed by atoms with van der Waals surface area (Å²) in [5.41, 5.74) is 0.940. The van der Waals surface area contributed by atoms with E-state index in [9.17, 15) is 13.6 Å². The zero-order chi connectivity index (χ0) is 20.4. The number of thiophene rings is 1. The van der Waals surface area contributed by atoms with Crippen LogP contribution in [0.4, 0.5) is 14.6 Å². The van der Waals surface area contributed by atoms with Crippen molar-refractivity contribution < 1.29 is 18.3 Å². The summed E-state index contributed by atoms with van der Waals surface area (Å²) in [5, 5.41) is 7.10. The topological polar surface area (TPSA) is 56.2 Å². The Morgan fingerprint density at radius 3 is 2.69 bits per heavy atom. The molecule has 0 saturated heterocycles. The Labute approximate surface area is 169 Å². The van der Waals surface area contributed by atoms with Gasteiger partial charge in [0.15, 0.2) is 5.82 Å². The molecule has 1 N–H and O–H groups in total. The van der Waals surface area contributed by atoms with Gasteiger partial charge in [-0.1, -0.05) is 30.3 Å². The number of hydrogen-bond donors (Lipinski definition) is 1. The number of rotatable bonds is 6. The molecule has 5 nitrogen and oxygen atoms in total. The average Bonchev–Trinajstić information content (AvgIpc) is 3.30. The summed E-state index contributed by atoms with van der Waals surface area (Å²) in [6.07, 6.45) is -1.10. The number of anilines is 1. The van der Waals surface area contributed by atoms with Crippen molar-refractivity contribution in [3.8, 4) is 5.75 Å². The number of halogens is 2. The summed E-state index contributed by atoms with van der Waals surface area (Å²) in [6.45, 7) is 0.341. The highest BCUT2D eigenvalue weighted by molar-refractivity contribution is 7.19. The highest BCUT2D eigenvalue weighted by atomic mass is 32.1. The molecule has 0 fully saturated rings. The van der Waals surface area contributed by atoms with Gasteiger partial charge in [0.1, 0.15) is 12.4 Å². The maximum absolute atomic E-state index is 13.6. The summed E-state index contributed by atoms with van der Waals surface area (Å²) >= 11 is 0.907. The predicted octanol–water partition coefficient (Wildman–Crippen LogP) is 5.40. The van der Waals surface area contributed by atoms with E-state index < -0.39 is 12.3 Å². The predicted molar refractivity (Wildman–Crippen MR) is 109 cm³/mol. The van der Waals surface area contributed by atoms with Gasteiger partial charge in [-0.05, 0) is 23.8 Å². The van der Waals surface area contributed by atoms with Gasteiger partial charge in [0.2, 0.25) is 0 Å². The minimum atomic E-state index is -2.76. The van der Waals surface area contributed by atoms with E-state index in [-0.39, 0.29) is 10.4 Å². The van der Waals surface area contributed by atoms with Gasteiger partial charge in [0.05, 0.1) is 10.4 Å². The summed E-state index contributed by atoms with van der Waals surface area (Å²) < 4.78 is 35.1. The maximum atomic E-state index is 13.6. The van der Waals surface area contributed by atoms with Crippen molar-refractivity contribution in [1.29, 1.82) is 0 Å². The third-order valence-corrected chi connectivity index (χ3v) is 5.49. The second kappa shape index (κ2) is 8.00. The van der Waals surface area contributed by atoms with E-state index in [1.54, 1.807) is 37.5 Å². The van der Waals surface area contributed by atoms with Crippen LogP contribution in [0.1, 0.15) is 27.2 Å². The van der Waals surface area contributed by atoms with E-state index >= 15 is 0 Å². The number of ether oxygens (including phenoxy) is 1. The number of amides is 1. The molecule has 8 heteroatoms. The number of fused-ring (bicyclic) bond motifs is 1. The van der Waals surface area contributed by atoms with Crippen LogP contribution in [0.25, 0.3) is 10.1 Å². The molecule has 0 aliphatic rings. The molecule has 0 bridgehead atoms. The molecule has 0 unspecified atom stereocenters. The molecule has 0 radical (unpaired) electrons. The summed E-state index contributed by atoms with van der Waals surface area (Å²) in [6, 6.07) is 16.3. The molecule has 2 heterocycles. The lowest BCUT2D eigenvalue weighted by molar-refractivity contribution is 0.101. The van der Waals surface area contributed by atoms with Crippen molar-refractivity contribution in [3.63, 3.8) is 0 Å². The molecule has 0 atom stereocenters. The van der Waals surface area contributed by atoms with Crippen LogP contribution < -0.4 is 10.1 Å². The van der Waals surface area contributed by atoms with Gasteiger partial charge in [-0.25, -0.2) is 8.78 Å². The SMILES string of the molecule is Cn1ccc(NC(=O)c2c(C(F)F)sc3ccc(OCc4ccccc4)cc23)n1. The number of benzene rings is 2. The van der Waals surface area contributed by atoms with Crippen LogP contribution in [0.5, 0.6) is 5.75 Å². The normalized spacial score (nSPS) is 11.2. The zero-order valence-corrected chi connectivity index (χ0v) is 16.2. The Hall–Kier alpha value is -3.26. The van der Waals surface area contributed by atoms with Gasteiger partial charge >= 0.3 is 0 Å². The largest absolute Gasteiger partial charge is 0.489 e. The molecule has 0 spiro atoms. The first-order valence-corrected chi connectivity index (χ1v) is 9.65. The molecule has 148 valence electrons. The molecule has 2 aromatic heterocycles. The number of carbonyl (C=O) groups excluding carboxylic acids is 1. The summed E-state index contributed by atoms with van der Waals surface area (Å²) in [4.78, 5) is 12.5. The van der Waals surface area contributed by atoms with Gasteiger partial charge in [0.25, 0.3) is 12.3 Å². The Bertz CT molecular complexity index is 1160. The molecule has 0 aliphatic heterocycles.